The molecule has 4 aliphatic heterocycles. The minimum atomic E-state index is -5.12. The van der Waals surface area contributed by atoms with Crippen LogP contribution in [0.1, 0.15) is 92.9 Å². The molecule has 0 aromatic carbocycles. The number of carbonyl (C=O) groups excluding carboxylic acids is 2. The number of carbonyl (C=O) groups is 2. The number of aliphatic hydroxyl groups is 3. The number of allylic oxidation sites excluding steroid dienone is 1. The van der Waals surface area contributed by atoms with E-state index < -0.39 is 108 Å². The second-order valence-corrected chi connectivity index (χ2v) is 20.2. The predicted molar refractivity (Wildman–Crippen MR) is 206 cm³/mol. The highest BCUT2D eigenvalue weighted by atomic mass is 32.3. The number of esters is 2. The summed E-state index contributed by atoms with van der Waals surface area (Å²) in [5.74, 6) is -0.906. The third-order valence-electron chi connectivity index (χ3n) is 15.8. The van der Waals surface area contributed by atoms with Gasteiger partial charge in [0.05, 0.1) is 37.6 Å². The Morgan fingerprint density at radius 2 is 1.65 bits per heavy atom. The first-order valence-electron chi connectivity index (χ1n) is 21.5. The number of hydrogen-bond donors (Lipinski definition) is 4. The lowest BCUT2D eigenvalue weighted by Crippen LogP contribution is -2.64. The standard InChI is InChI=1S/C42H62O17S/c1-19-10-13-42(52-17-19)20(2)32-29(58-42)16-28-26-9-8-24-14-25(45)15-31(41(24,7)27(26)11-12-40(28,32)6)56-39-37(35(54-22(4)43)30(18-51-39)59-60(48,49)50)57-38-34(47)36(55-23(5)44)33(46)21(3)53-38/h8,20-21,25-39,45-47H,1,9-18H2,2-7H3,(H,48,49,50)/t20?,21-,25+,26+,27-,28-,29?,30-,31+,32?,33-,34+,35-,36+,37+,38-,39-,40-,41-,42+/m0/s1. The number of rotatable bonds is 8. The van der Waals surface area contributed by atoms with Crippen LogP contribution < -0.4 is 0 Å². The summed E-state index contributed by atoms with van der Waals surface area (Å²) >= 11 is 0. The number of fused-ring (bicyclic) bond motifs is 7. The van der Waals surface area contributed by atoms with Crippen LogP contribution in [0.5, 0.6) is 0 Å². The van der Waals surface area contributed by atoms with E-state index in [1.54, 1.807) is 0 Å². The summed E-state index contributed by atoms with van der Waals surface area (Å²) < 4.78 is 88.1. The Kier molecular flexibility index (Phi) is 12.0. The van der Waals surface area contributed by atoms with Crippen molar-refractivity contribution in [2.24, 2.45) is 40.4 Å². The molecule has 3 saturated carbocycles. The quantitative estimate of drug-likeness (QED) is 0.156. The lowest BCUT2D eigenvalue weighted by atomic mass is 9.46. The summed E-state index contributed by atoms with van der Waals surface area (Å²) in [5, 5.41) is 33.4. The Morgan fingerprint density at radius 3 is 2.32 bits per heavy atom. The molecule has 0 aromatic rings. The molecule has 0 amide bonds. The van der Waals surface area contributed by atoms with E-state index in [-0.39, 0.29) is 35.7 Å². The van der Waals surface area contributed by atoms with Crippen molar-refractivity contribution < 1.29 is 80.0 Å². The molecule has 4 saturated heterocycles. The maximum Gasteiger partial charge on any atom is 0.397 e. The fourth-order valence-corrected chi connectivity index (χ4v) is 13.5. The van der Waals surface area contributed by atoms with Crippen LogP contribution in [-0.4, -0.2) is 133 Å². The molecular formula is C42H62O17S. The van der Waals surface area contributed by atoms with Crippen molar-refractivity contribution in [3.63, 3.8) is 0 Å². The van der Waals surface area contributed by atoms with Crippen LogP contribution in [0.2, 0.25) is 0 Å². The van der Waals surface area contributed by atoms with E-state index in [2.05, 4.69) is 33.4 Å². The van der Waals surface area contributed by atoms with Gasteiger partial charge in [-0.2, -0.15) is 8.42 Å². The Balaban J connectivity index is 1.09. The molecule has 60 heavy (non-hydrogen) atoms. The summed E-state index contributed by atoms with van der Waals surface area (Å²) in [6.45, 7) is 14.7. The highest BCUT2D eigenvalue weighted by molar-refractivity contribution is 7.80. The van der Waals surface area contributed by atoms with Crippen LogP contribution in [0.25, 0.3) is 0 Å². The zero-order valence-electron chi connectivity index (χ0n) is 35.2. The SMILES string of the molecule is C=C1CC[C@@]2(OC1)OC1C[C@H]3[C@@H]4CC=C5C[C@@H](O)C[C@@H](O[C@@H]6OC[C@H](OS(=O)(=O)O)[C@H](OC(C)=O)[C@H]6O[C@@H]6O[C@@H](C)[C@H](O)[C@@H](OC(C)=O)[C@H]6O)[C@]5(C)[C@H]4CC[C@]3(C)C1C2C. The monoisotopic (exact) mass is 870 g/mol. The van der Waals surface area contributed by atoms with Crippen molar-refractivity contribution >= 4 is 22.3 Å². The largest absolute Gasteiger partial charge is 0.457 e. The molecule has 8 rings (SSSR count). The zero-order valence-corrected chi connectivity index (χ0v) is 36.0. The third kappa shape index (κ3) is 7.71. The van der Waals surface area contributed by atoms with Gasteiger partial charge < -0.3 is 53.2 Å². The fourth-order valence-electron chi connectivity index (χ4n) is 13.1. The lowest BCUT2D eigenvalue weighted by molar-refractivity contribution is -0.362. The molecule has 4 aliphatic carbocycles. The van der Waals surface area contributed by atoms with Crippen molar-refractivity contribution in [2.45, 2.75) is 172 Å². The molecule has 0 bridgehead atoms. The van der Waals surface area contributed by atoms with E-state index in [0.29, 0.717) is 24.9 Å². The molecule has 20 atom stereocenters. The van der Waals surface area contributed by atoms with Gasteiger partial charge in [0.1, 0.15) is 18.3 Å². The van der Waals surface area contributed by atoms with Crippen LogP contribution >= 0.6 is 0 Å². The molecule has 8 aliphatic rings. The average Bonchev–Trinajstić information content (AvgIpc) is 3.61. The topological polar surface area (TPSA) is 232 Å². The van der Waals surface area contributed by atoms with E-state index in [9.17, 15) is 37.9 Å². The molecule has 0 aromatic heterocycles. The van der Waals surface area contributed by atoms with Crippen molar-refractivity contribution in [1.82, 2.24) is 0 Å². The minimum Gasteiger partial charge on any atom is -0.457 e. The Bertz CT molecular complexity index is 1810. The molecular weight excluding hydrogens is 809 g/mol. The van der Waals surface area contributed by atoms with Gasteiger partial charge in [0.2, 0.25) is 0 Å². The smallest absolute Gasteiger partial charge is 0.397 e. The molecule has 18 heteroatoms. The van der Waals surface area contributed by atoms with Gasteiger partial charge in [-0.15, -0.1) is 0 Å². The van der Waals surface area contributed by atoms with Crippen molar-refractivity contribution in [2.75, 3.05) is 13.2 Å². The minimum absolute atomic E-state index is 0.0129. The van der Waals surface area contributed by atoms with Gasteiger partial charge in [0, 0.05) is 38.0 Å². The Morgan fingerprint density at radius 1 is 0.933 bits per heavy atom. The predicted octanol–water partition coefficient (Wildman–Crippen LogP) is 2.89. The van der Waals surface area contributed by atoms with Gasteiger partial charge >= 0.3 is 22.3 Å². The average molecular weight is 871 g/mol. The maximum absolute atomic E-state index is 12.6. The molecule has 338 valence electrons. The van der Waals surface area contributed by atoms with E-state index in [1.165, 1.54) is 6.92 Å². The second kappa shape index (κ2) is 16.2. The Labute approximate surface area is 351 Å². The number of ether oxygens (including phenoxy) is 8. The highest BCUT2D eigenvalue weighted by Gasteiger charge is 2.69. The van der Waals surface area contributed by atoms with Crippen molar-refractivity contribution in [1.29, 1.82) is 0 Å². The lowest BCUT2D eigenvalue weighted by Gasteiger charge is -2.60. The molecule has 4 heterocycles. The van der Waals surface area contributed by atoms with Crippen LogP contribution in [-0.2, 0) is 62.1 Å². The Hall–Kier alpha value is -2.07. The van der Waals surface area contributed by atoms with Gasteiger partial charge in [-0.25, -0.2) is 4.18 Å². The normalized spacial score (nSPS) is 50.2. The molecule has 0 radical (unpaired) electrons. The molecule has 1 spiro atoms. The molecule has 7 fully saturated rings. The maximum atomic E-state index is 12.6. The molecule has 17 nitrogen and oxygen atoms in total. The van der Waals surface area contributed by atoms with Gasteiger partial charge in [0.15, 0.2) is 36.7 Å². The van der Waals surface area contributed by atoms with Gasteiger partial charge in [-0.05, 0) is 74.5 Å². The van der Waals surface area contributed by atoms with Crippen molar-refractivity contribution in [3.05, 3.63) is 23.8 Å². The number of hydrogen-bond acceptors (Lipinski definition) is 16. The van der Waals surface area contributed by atoms with E-state index >= 15 is 0 Å². The zero-order chi connectivity index (χ0) is 43.3. The third-order valence-corrected chi connectivity index (χ3v) is 16.3. The van der Waals surface area contributed by atoms with Gasteiger partial charge in [-0.3, -0.25) is 14.1 Å². The highest BCUT2D eigenvalue weighted by Crippen LogP contribution is 2.71. The molecule has 4 N–H and O–H groups in total. The van der Waals surface area contributed by atoms with Crippen molar-refractivity contribution in [3.8, 4) is 0 Å². The van der Waals surface area contributed by atoms with E-state index in [1.807, 2.05) is 0 Å². The number of aliphatic hydroxyl groups excluding tert-OH is 3. The first-order valence-corrected chi connectivity index (χ1v) is 22.8. The second-order valence-electron chi connectivity index (χ2n) is 19.1. The molecule has 3 unspecified atom stereocenters. The van der Waals surface area contributed by atoms with Crippen LogP contribution in [0.4, 0.5) is 0 Å². The summed E-state index contributed by atoms with van der Waals surface area (Å²) in [6, 6.07) is 0. The van der Waals surface area contributed by atoms with Crippen LogP contribution in [0, 0.1) is 40.4 Å². The fraction of sp³-hybridized carbons (Fsp3) is 0.857. The van der Waals surface area contributed by atoms with E-state index in [0.717, 1.165) is 63.5 Å². The van der Waals surface area contributed by atoms with E-state index in [4.69, 9.17) is 42.1 Å². The van der Waals surface area contributed by atoms with Crippen LogP contribution in [0.3, 0.4) is 0 Å². The van der Waals surface area contributed by atoms with Gasteiger partial charge in [0.25, 0.3) is 0 Å². The first kappa shape index (κ1) is 44.5. The summed E-state index contributed by atoms with van der Waals surface area (Å²) in [7, 11) is -5.12. The van der Waals surface area contributed by atoms with Crippen LogP contribution in [0.15, 0.2) is 23.8 Å². The first-order chi connectivity index (χ1) is 28.1. The summed E-state index contributed by atoms with van der Waals surface area (Å²) in [6.07, 6.45) is -6.78. The van der Waals surface area contributed by atoms with Gasteiger partial charge in [-0.1, -0.05) is 44.6 Å². The summed E-state index contributed by atoms with van der Waals surface area (Å²) in [5.41, 5.74) is 1.58. The summed E-state index contributed by atoms with van der Waals surface area (Å²) in [4.78, 5) is 24.5.